The third-order valence-electron chi connectivity index (χ3n) is 11.9. The van der Waals surface area contributed by atoms with Crippen LogP contribution in [-0.2, 0) is 28.6 Å². The first-order valence-electron chi connectivity index (χ1n) is 27.0. The summed E-state index contributed by atoms with van der Waals surface area (Å²) in [7, 11) is 0. The fourth-order valence-electron chi connectivity index (χ4n) is 7.76. The maximum absolute atomic E-state index is 12.8. The highest BCUT2D eigenvalue weighted by Crippen LogP contribution is 2.15. The van der Waals surface area contributed by atoms with Crippen molar-refractivity contribution >= 4 is 17.9 Å². The molecule has 0 amide bonds. The zero-order chi connectivity index (χ0) is 45.1. The van der Waals surface area contributed by atoms with E-state index < -0.39 is 6.10 Å². The van der Waals surface area contributed by atoms with Gasteiger partial charge in [-0.15, -0.1) is 0 Å². The zero-order valence-electron chi connectivity index (χ0n) is 41.4. The highest BCUT2D eigenvalue weighted by Gasteiger charge is 2.19. The Labute approximate surface area is 385 Å². The Hall–Kier alpha value is -2.37. The summed E-state index contributed by atoms with van der Waals surface area (Å²) in [5, 5.41) is 0. The second-order valence-corrected chi connectivity index (χ2v) is 18.1. The highest BCUT2D eigenvalue weighted by molar-refractivity contribution is 5.71. The third-order valence-corrected chi connectivity index (χ3v) is 11.9. The minimum atomic E-state index is -0.773. The van der Waals surface area contributed by atoms with Crippen molar-refractivity contribution in [3.8, 4) is 0 Å². The van der Waals surface area contributed by atoms with Crippen molar-refractivity contribution in [3.63, 3.8) is 0 Å². The first-order chi connectivity index (χ1) is 30.5. The Bertz CT molecular complexity index is 1050. The largest absolute Gasteiger partial charge is 0.462 e. The number of ether oxygens (including phenoxy) is 3. The Morgan fingerprint density at radius 2 is 0.581 bits per heavy atom. The van der Waals surface area contributed by atoms with Crippen LogP contribution in [0.5, 0.6) is 0 Å². The summed E-state index contributed by atoms with van der Waals surface area (Å²) in [6.07, 6.45) is 59.9. The van der Waals surface area contributed by atoms with E-state index in [1.54, 1.807) is 0 Å². The van der Waals surface area contributed by atoms with Crippen molar-refractivity contribution in [3.05, 3.63) is 36.5 Å². The van der Waals surface area contributed by atoms with Crippen LogP contribution in [0.2, 0.25) is 0 Å². The molecular formula is C56H102O6. The van der Waals surface area contributed by atoms with E-state index in [1.807, 2.05) is 0 Å². The number of hydrogen-bond donors (Lipinski definition) is 0. The second-order valence-electron chi connectivity index (χ2n) is 18.1. The fraction of sp³-hybridized carbons (Fsp3) is 0.839. The molecule has 0 saturated heterocycles. The van der Waals surface area contributed by atoms with Crippen LogP contribution in [0.1, 0.15) is 284 Å². The van der Waals surface area contributed by atoms with Crippen molar-refractivity contribution in [1.82, 2.24) is 0 Å². The van der Waals surface area contributed by atoms with Gasteiger partial charge in [-0.2, -0.15) is 0 Å². The summed E-state index contributed by atoms with van der Waals surface area (Å²) in [5.74, 6) is -0.878. The van der Waals surface area contributed by atoms with E-state index in [1.165, 1.54) is 173 Å². The number of carbonyl (C=O) groups excluding carboxylic acids is 3. The maximum atomic E-state index is 12.8. The molecule has 0 rings (SSSR count). The molecule has 1 unspecified atom stereocenters. The highest BCUT2D eigenvalue weighted by atomic mass is 16.6. The normalized spacial score (nSPS) is 12.2. The molecule has 62 heavy (non-hydrogen) atoms. The van der Waals surface area contributed by atoms with Gasteiger partial charge < -0.3 is 14.2 Å². The molecule has 0 aromatic heterocycles. The number of allylic oxidation sites excluding steroid dienone is 6. The molecule has 0 aliphatic rings. The van der Waals surface area contributed by atoms with Gasteiger partial charge in [-0.25, -0.2) is 0 Å². The Morgan fingerprint density at radius 1 is 0.323 bits per heavy atom. The lowest BCUT2D eigenvalue weighted by Gasteiger charge is -2.18. The summed E-state index contributed by atoms with van der Waals surface area (Å²) < 4.78 is 16.8. The molecule has 0 bridgehead atoms. The first kappa shape index (κ1) is 59.6. The van der Waals surface area contributed by atoms with E-state index in [0.717, 1.165) is 70.6 Å². The van der Waals surface area contributed by atoms with Crippen molar-refractivity contribution < 1.29 is 28.6 Å². The molecule has 1 atom stereocenters. The van der Waals surface area contributed by atoms with Crippen molar-refractivity contribution in [2.45, 2.75) is 290 Å². The number of esters is 3. The standard InChI is InChI=1S/C56H102O6/c1-4-7-10-13-16-19-21-23-25-27-28-29-31-32-34-37-40-43-46-49-55(58)61-52-53(51-60-54(57)48-45-42-39-36-18-15-12-9-6-3)62-56(59)50-47-44-41-38-35-33-30-26-24-22-20-17-14-11-8-5-2/h16,19,23,25-26,30,53H,4-15,17-18,20-22,24,27-29,31-52H2,1-3H3/b19-16-,25-23-,30-26-. The van der Waals surface area contributed by atoms with E-state index in [2.05, 4.69) is 57.2 Å². The molecule has 0 radical (unpaired) electrons. The molecular weight excluding hydrogens is 769 g/mol. The predicted octanol–water partition coefficient (Wildman–Crippen LogP) is 17.7. The molecule has 0 heterocycles. The molecule has 0 fully saturated rings. The Morgan fingerprint density at radius 3 is 0.935 bits per heavy atom. The van der Waals surface area contributed by atoms with Gasteiger partial charge in [0.1, 0.15) is 13.2 Å². The molecule has 6 nitrogen and oxygen atoms in total. The Balaban J connectivity index is 4.29. The number of carbonyl (C=O) groups is 3. The molecule has 0 N–H and O–H groups in total. The van der Waals surface area contributed by atoms with Crippen LogP contribution in [0.25, 0.3) is 0 Å². The van der Waals surface area contributed by atoms with Crippen LogP contribution in [0, 0.1) is 0 Å². The fourth-order valence-corrected chi connectivity index (χ4v) is 7.76. The molecule has 0 aromatic rings. The monoisotopic (exact) mass is 871 g/mol. The predicted molar refractivity (Wildman–Crippen MR) is 266 cm³/mol. The van der Waals surface area contributed by atoms with Crippen molar-refractivity contribution in [2.75, 3.05) is 13.2 Å². The van der Waals surface area contributed by atoms with Gasteiger partial charge in [-0.3, -0.25) is 14.4 Å². The van der Waals surface area contributed by atoms with Gasteiger partial charge in [0.15, 0.2) is 6.10 Å². The molecule has 0 saturated carbocycles. The average Bonchev–Trinajstić information content (AvgIpc) is 3.27. The lowest BCUT2D eigenvalue weighted by Crippen LogP contribution is -2.30. The van der Waals surface area contributed by atoms with E-state index in [4.69, 9.17) is 14.2 Å². The molecule has 0 aromatic carbocycles. The smallest absolute Gasteiger partial charge is 0.306 e. The summed E-state index contributed by atoms with van der Waals surface area (Å²) in [6.45, 7) is 6.61. The first-order valence-corrected chi connectivity index (χ1v) is 27.0. The quantitative estimate of drug-likeness (QED) is 0.0262. The maximum Gasteiger partial charge on any atom is 0.306 e. The van der Waals surface area contributed by atoms with Crippen molar-refractivity contribution in [2.24, 2.45) is 0 Å². The number of rotatable bonds is 49. The van der Waals surface area contributed by atoms with Gasteiger partial charge in [0, 0.05) is 19.3 Å². The Kier molecular flexibility index (Phi) is 49.3. The van der Waals surface area contributed by atoms with Crippen LogP contribution in [0.15, 0.2) is 36.5 Å². The summed E-state index contributed by atoms with van der Waals surface area (Å²) >= 11 is 0. The summed E-state index contributed by atoms with van der Waals surface area (Å²) in [6, 6.07) is 0. The third kappa shape index (κ3) is 48.7. The molecule has 6 heteroatoms. The number of unbranched alkanes of at least 4 members (excludes halogenated alkanes) is 32. The van der Waals surface area contributed by atoms with Gasteiger partial charge in [0.25, 0.3) is 0 Å². The SMILES string of the molecule is CCCCC/C=C\C/C=C\CCCCCCCCCCCC(=O)OCC(COC(=O)CCCCCCCCCCC)OC(=O)CCCCCCC/C=C\CCCCCCCCC. The number of hydrogen-bond acceptors (Lipinski definition) is 6. The lowest BCUT2D eigenvalue weighted by atomic mass is 10.1. The second kappa shape index (κ2) is 51.3. The summed E-state index contributed by atoms with van der Waals surface area (Å²) in [5.41, 5.74) is 0. The van der Waals surface area contributed by atoms with Gasteiger partial charge in [0.05, 0.1) is 0 Å². The average molecular weight is 871 g/mol. The van der Waals surface area contributed by atoms with Crippen LogP contribution in [0.4, 0.5) is 0 Å². The van der Waals surface area contributed by atoms with E-state index >= 15 is 0 Å². The minimum absolute atomic E-state index is 0.0741. The van der Waals surface area contributed by atoms with Gasteiger partial charge in [-0.05, 0) is 77.0 Å². The molecule has 0 spiro atoms. The molecule has 0 aliphatic carbocycles. The van der Waals surface area contributed by atoms with Gasteiger partial charge in [0.2, 0.25) is 0 Å². The van der Waals surface area contributed by atoms with Gasteiger partial charge >= 0.3 is 17.9 Å². The van der Waals surface area contributed by atoms with E-state index in [0.29, 0.717) is 19.3 Å². The van der Waals surface area contributed by atoms with Crippen LogP contribution >= 0.6 is 0 Å². The van der Waals surface area contributed by atoms with Crippen molar-refractivity contribution in [1.29, 1.82) is 0 Å². The minimum Gasteiger partial charge on any atom is -0.462 e. The van der Waals surface area contributed by atoms with Crippen LogP contribution in [-0.4, -0.2) is 37.2 Å². The van der Waals surface area contributed by atoms with Crippen LogP contribution in [0.3, 0.4) is 0 Å². The summed E-state index contributed by atoms with van der Waals surface area (Å²) in [4.78, 5) is 37.9. The van der Waals surface area contributed by atoms with E-state index in [9.17, 15) is 14.4 Å². The molecule has 0 aliphatic heterocycles. The zero-order valence-corrected chi connectivity index (χ0v) is 41.4. The van der Waals surface area contributed by atoms with Gasteiger partial charge in [-0.1, -0.05) is 224 Å². The lowest BCUT2D eigenvalue weighted by molar-refractivity contribution is -0.167. The topological polar surface area (TPSA) is 78.9 Å². The molecule has 362 valence electrons. The van der Waals surface area contributed by atoms with Crippen LogP contribution < -0.4 is 0 Å². The van der Waals surface area contributed by atoms with E-state index in [-0.39, 0.29) is 31.1 Å².